The molecule has 0 N–H and O–H groups in total. The first-order chi connectivity index (χ1) is 21.3. The molecule has 0 unspecified atom stereocenters. The Kier molecular flexibility index (Phi) is 5.15. The highest BCUT2D eigenvalue weighted by Gasteiger charge is 2.51. The van der Waals surface area contributed by atoms with E-state index in [9.17, 15) is 0 Å². The fourth-order valence-electron chi connectivity index (χ4n) is 7.44. The van der Waals surface area contributed by atoms with E-state index in [1.165, 1.54) is 50.3 Å². The van der Waals surface area contributed by atoms with Crippen LogP contribution in [-0.2, 0) is 5.41 Å². The minimum absolute atomic E-state index is 0.432. The third-order valence-electron chi connectivity index (χ3n) is 9.16. The van der Waals surface area contributed by atoms with E-state index >= 15 is 0 Å². The normalized spacial score (nSPS) is 13.7. The van der Waals surface area contributed by atoms with Crippen LogP contribution in [0.2, 0.25) is 0 Å². The second-order valence-electron chi connectivity index (χ2n) is 11.3. The Morgan fingerprint density at radius 1 is 0.419 bits per heavy atom. The van der Waals surface area contributed by atoms with Crippen LogP contribution in [0.4, 0.5) is 17.1 Å². The fourth-order valence-corrected chi connectivity index (χ4v) is 7.44. The summed E-state index contributed by atoms with van der Waals surface area (Å²) in [6.45, 7) is 0. The molecule has 1 aromatic heterocycles. The van der Waals surface area contributed by atoms with Gasteiger partial charge in [-0.3, -0.25) is 0 Å². The van der Waals surface area contributed by atoms with Gasteiger partial charge in [0.1, 0.15) is 5.76 Å². The van der Waals surface area contributed by atoms with Gasteiger partial charge in [-0.2, -0.15) is 0 Å². The number of anilines is 3. The first kappa shape index (κ1) is 24.0. The molecule has 2 nitrogen and oxygen atoms in total. The zero-order chi connectivity index (χ0) is 28.4. The van der Waals surface area contributed by atoms with Crippen molar-refractivity contribution in [3.63, 3.8) is 0 Å². The molecule has 0 saturated heterocycles. The van der Waals surface area contributed by atoms with E-state index in [0.717, 1.165) is 22.6 Å². The fraction of sp³-hybridized carbons (Fsp3) is 0.0244. The topological polar surface area (TPSA) is 16.4 Å². The van der Waals surface area contributed by atoms with E-state index in [-0.39, 0.29) is 0 Å². The van der Waals surface area contributed by atoms with E-state index in [4.69, 9.17) is 4.42 Å². The lowest BCUT2D eigenvalue weighted by Gasteiger charge is -2.45. The average Bonchev–Trinajstić information content (AvgIpc) is 3.72. The molecule has 0 saturated carbocycles. The Morgan fingerprint density at radius 2 is 1.05 bits per heavy atom. The lowest BCUT2D eigenvalue weighted by Crippen LogP contribution is -2.36. The first-order valence-electron chi connectivity index (χ1n) is 14.8. The van der Waals surface area contributed by atoms with Crippen LogP contribution >= 0.6 is 0 Å². The van der Waals surface area contributed by atoms with Crippen LogP contribution in [-0.4, -0.2) is 0 Å². The number of fused-ring (bicyclic) bond motifs is 9. The van der Waals surface area contributed by atoms with Gasteiger partial charge in [-0.1, -0.05) is 115 Å². The van der Waals surface area contributed by atoms with Crippen molar-refractivity contribution in [2.45, 2.75) is 5.41 Å². The molecule has 2 aliphatic rings. The van der Waals surface area contributed by atoms with E-state index < -0.39 is 5.41 Å². The number of rotatable bonds is 3. The van der Waals surface area contributed by atoms with Gasteiger partial charge in [0.2, 0.25) is 0 Å². The second kappa shape index (κ2) is 9.20. The van der Waals surface area contributed by atoms with Crippen LogP contribution in [0, 0.1) is 0 Å². The number of nitrogens with zero attached hydrogens (tertiary/aromatic N) is 1. The Bertz CT molecular complexity index is 2100. The minimum Gasteiger partial charge on any atom is -0.464 e. The van der Waals surface area contributed by atoms with Crippen LogP contribution in [0.5, 0.6) is 0 Å². The lowest BCUT2D eigenvalue weighted by atomic mass is 9.64. The van der Waals surface area contributed by atoms with Crippen molar-refractivity contribution in [1.82, 2.24) is 0 Å². The molecule has 9 rings (SSSR count). The van der Waals surface area contributed by atoms with Gasteiger partial charge >= 0.3 is 0 Å². The maximum Gasteiger partial charge on any atom is 0.133 e. The molecule has 1 spiro atoms. The first-order valence-corrected chi connectivity index (χ1v) is 14.8. The summed E-state index contributed by atoms with van der Waals surface area (Å²) >= 11 is 0. The molecule has 2 heterocycles. The predicted octanol–water partition coefficient (Wildman–Crippen LogP) is 10.8. The summed E-state index contributed by atoms with van der Waals surface area (Å²) in [5.41, 5.74) is 14.4. The molecule has 0 atom stereocenters. The highest BCUT2D eigenvalue weighted by Crippen LogP contribution is 2.63. The molecule has 0 radical (unpaired) electrons. The van der Waals surface area contributed by atoms with E-state index in [1.807, 2.05) is 12.1 Å². The highest BCUT2D eigenvalue weighted by atomic mass is 16.3. The second-order valence-corrected chi connectivity index (χ2v) is 11.3. The monoisotopic (exact) mass is 549 g/mol. The average molecular weight is 550 g/mol. The van der Waals surface area contributed by atoms with Gasteiger partial charge in [0.25, 0.3) is 0 Å². The molecule has 202 valence electrons. The van der Waals surface area contributed by atoms with E-state index in [1.54, 1.807) is 6.26 Å². The summed E-state index contributed by atoms with van der Waals surface area (Å²) in [6, 6.07) is 57.2. The number of hydrogen-bond acceptors (Lipinski definition) is 2. The van der Waals surface area contributed by atoms with Gasteiger partial charge in [-0.05, 0) is 87.0 Å². The molecule has 43 heavy (non-hydrogen) atoms. The SMILES string of the molecule is c1ccc(N2c3ccccc3C3(c4ccccc4-c4ccccc43)c3ccc(-c4cccc(-c5ccco5)c4)cc32)cc1. The van der Waals surface area contributed by atoms with Gasteiger partial charge in [0.05, 0.1) is 23.1 Å². The summed E-state index contributed by atoms with van der Waals surface area (Å²) in [4.78, 5) is 2.44. The zero-order valence-electron chi connectivity index (χ0n) is 23.4. The van der Waals surface area contributed by atoms with Crippen LogP contribution in [0.1, 0.15) is 22.3 Å². The van der Waals surface area contributed by atoms with Crippen molar-refractivity contribution in [2.75, 3.05) is 4.90 Å². The molecule has 6 aromatic carbocycles. The molecule has 2 heteroatoms. The number of benzene rings is 6. The molecule has 1 aliphatic heterocycles. The van der Waals surface area contributed by atoms with E-state index in [0.29, 0.717) is 0 Å². The quantitative estimate of drug-likeness (QED) is 0.218. The Morgan fingerprint density at radius 3 is 1.79 bits per heavy atom. The maximum atomic E-state index is 5.74. The predicted molar refractivity (Wildman–Crippen MR) is 175 cm³/mol. The molecule has 1 aliphatic carbocycles. The van der Waals surface area contributed by atoms with E-state index in [2.05, 4.69) is 150 Å². The van der Waals surface area contributed by atoms with Gasteiger partial charge in [0.15, 0.2) is 0 Å². The summed E-state index contributed by atoms with van der Waals surface area (Å²) in [5.74, 6) is 0.873. The third-order valence-corrected chi connectivity index (χ3v) is 9.16. The number of hydrogen-bond donors (Lipinski definition) is 0. The van der Waals surface area contributed by atoms with Crippen LogP contribution in [0.15, 0.2) is 168 Å². The minimum atomic E-state index is -0.432. The molecular weight excluding hydrogens is 522 g/mol. The summed E-state index contributed by atoms with van der Waals surface area (Å²) in [7, 11) is 0. The molecule has 0 bridgehead atoms. The largest absolute Gasteiger partial charge is 0.464 e. The Balaban J connectivity index is 1.37. The van der Waals surface area contributed by atoms with Crippen LogP contribution in [0.25, 0.3) is 33.6 Å². The van der Waals surface area contributed by atoms with Crippen LogP contribution in [0.3, 0.4) is 0 Å². The number of furan rings is 1. The van der Waals surface area contributed by atoms with Gasteiger partial charge in [-0.25, -0.2) is 0 Å². The van der Waals surface area contributed by atoms with Crippen molar-refractivity contribution >= 4 is 17.1 Å². The maximum absolute atomic E-state index is 5.74. The lowest BCUT2D eigenvalue weighted by molar-refractivity contribution is 0.582. The van der Waals surface area contributed by atoms with Crippen molar-refractivity contribution in [2.24, 2.45) is 0 Å². The smallest absolute Gasteiger partial charge is 0.133 e. The number of para-hydroxylation sites is 2. The zero-order valence-corrected chi connectivity index (χ0v) is 23.4. The summed E-state index contributed by atoms with van der Waals surface area (Å²) < 4.78 is 5.74. The molecular formula is C41H27NO. The van der Waals surface area contributed by atoms with Crippen molar-refractivity contribution in [3.8, 4) is 33.6 Å². The molecule has 7 aromatic rings. The highest BCUT2D eigenvalue weighted by molar-refractivity contribution is 5.96. The third kappa shape index (κ3) is 3.35. The Hall–Kier alpha value is -5.60. The summed E-state index contributed by atoms with van der Waals surface area (Å²) in [5, 5.41) is 0. The van der Waals surface area contributed by atoms with Gasteiger partial charge < -0.3 is 9.32 Å². The van der Waals surface area contributed by atoms with Crippen LogP contribution < -0.4 is 4.90 Å². The Labute approximate surface area is 251 Å². The van der Waals surface area contributed by atoms with Gasteiger partial charge in [0, 0.05) is 11.3 Å². The molecule has 0 amide bonds. The standard InChI is InChI=1S/C41H27NO/c1-2-14-31(15-3-1)42-38-21-9-8-20-36(38)41(34-18-6-4-16-32(34)33-17-5-7-19-35(33)41)37-24-23-29(27-39(37)42)28-12-10-13-30(26-28)40-22-11-25-43-40/h1-27H. The van der Waals surface area contributed by atoms with Gasteiger partial charge in [-0.15, -0.1) is 0 Å². The molecule has 0 fully saturated rings. The van der Waals surface area contributed by atoms with Crippen molar-refractivity contribution in [3.05, 3.63) is 186 Å². The van der Waals surface area contributed by atoms with Crippen molar-refractivity contribution < 1.29 is 4.42 Å². The van der Waals surface area contributed by atoms with Crippen molar-refractivity contribution in [1.29, 1.82) is 0 Å². The summed E-state index contributed by atoms with van der Waals surface area (Å²) in [6.07, 6.45) is 1.73.